The van der Waals surface area contributed by atoms with Gasteiger partial charge < -0.3 is 5.73 Å². The maximum Gasteiger partial charge on any atom is 0.125 e. The van der Waals surface area contributed by atoms with E-state index < -0.39 is 0 Å². The molecule has 0 bridgehead atoms. The third kappa shape index (κ3) is 3.16. The Balaban J connectivity index is 2.51. The number of nitrogens with two attached hydrogens (primary N) is 1. The zero-order valence-electron chi connectivity index (χ0n) is 10.7. The minimum Gasteiger partial charge on any atom is -0.384 e. The molecule has 0 spiro atoms. The fourth-order valence-corrected chi connectivity index (χ4v) is 3.51. The lowest BCUT2D eigenvalue weighted by Crippen LogP contribution is -2.15. The molecule has 0 saturated carbocycles. The second-order valence-electron chi connectivity index (χ2n) is 4.17. The highest BCUT2D eigenvalue weighted by atomic mass is 79.9. The van der Waals surface area contributed by atoms with Gasteiger partial charge in [0.25, 0.3) is 0 Å². The van der Waals surface area contributed by atoms with Crippen LogP contribution in [0.25, 0.3) is 0 Å². The second-order valence-corrected chi connectivity index (χ2v) is 6.11. The van der Waals surface area contributed by atoms with Crippen LogP contribution in [0, 0.1) is 19.3 Å². The minimum atomic E-state index is 0.0551. The van der Waals surface area contributed by atoms with E-state index in [2.05, 4.69) is 20.9 Å². The van der Waals surface area contributed by atoms with Gasteiger partial charge in [0.2, 0.25) is 0 Å². The summed E-state index contributed by atoms with van der Waals surface area (Å²) in [5, 5.41) is 7.72. The van der Waals surface area contributed by atoms with Crippen molar-refractivity contribution in [1.82, 2.24) is 4.98 Å². The molecule has 19 heavy (non-hydrogen) atoms. The number of aromatic nitrogens is 1. The first-order valence-electron chi connectivity index (χ1n) is 5.74. The van der Waals surface area contributed by atoms with Gasteiger partial charge in [0, 0.05) is 25.7 Å². The number of hydrogen-bond acceptors (Lipinski definition) is 3. The van der Waals surface area contributed by atoms with E-state index >= 15 is 0 Å². The van der Waals surface area contributed by atoms with Gasteiger partial charge in [-0.15, -0.1) is 0 Å². The van der Waals surface area contributed by atoms with Crippen LogP contribution >= 0.6 is 27.7 Å². The number of benzene rings is 1. The van der Waals surface area contributed by atoms with E-state index in [1.807, 2.05) is 44.2 Å². The lowest BCUT2D eigenvalue weighted by atomic mass is 10.1. The first-order valence-corrected chi connectivity index (χ1v) is 7.35. The summed E-state index contributed by atoms with van der Waals surface area (Å²) >= 11 is 5.12. The molecule has 3 N–H and O–H groups in total. The maximum atomic E-state index is 7.72. The van der Waals surface area contributed by atoms with E-state index in [-0.39, 0.29) is 5.84 Å². The van der Waals surface area contributed by atoms with Crippen LogP contribution in [0.5, 0.6) is 0 Å². The van der Waals surface area contributed by atoms with Crippen LogP contribution in [0.2, 0.25) is 0 Å². The van der Waals surface area contributed by atoms with Gasteiger partial charge in [-0.05, 0) is 48.0 Å². The van der Waals surface area contributed by atoms with Gasteiger partial charge in [0.15, 0.2) is 0 Å². The highest BCUT2D eigenvalue weighted by molar-refractivity contribution is 9.10. The molecular weight excluding hydrogens is 322 g/mol. The van der Waals surface area contributed by atoms with E-state index in [4.69, 9.17) is 11.1 Å². The molecule has 0 fully saturated rings. The number of nitrogens with zero attached hydrogens (tertiary/aromatic N) is 1. The van der Waals surface area contributed by atoms with Gasteiger partial charge in [-0.3, -0.25) is 10.4 Å². The molecule has 0 atom stereocenters. The van der Waals surface area contributed by atoms with Crippen LogP contribution in [0.3, 0.4) is 0 Å². The van der Waals surface area contributed by atoms with Gasteiger partial charge in [0.05, 0.1) is 5.56 Å². The van der Waals surface area contributed by atoms with E-state index in [0.717, 1.165) is 25.7 Å². The van der Waals surface area contributed by atoms with Gasteiger partial charge in [-0.2, -0.15) is 0 Å². The van der Waals surface area contributed by atoms with Crippen molar-refractivity contribution in [3.05, 3.63) is 51.8 Å². The molecule has 1 heterocycles. The third-order valence-electron chi connectivity index (χ3n) is 2.62. The Morgan fingerprint density at radius 3 is 2.58 bits per heavy atom. The number of aryl methyl sites for hydroxylation is 2. The molecule has 3 nitrogen and oxygen atoms in total. The third-order valence-corrected chi connectivity index (χ3v) is 4.69. The fraction of sp³-hybridized carbons (Fsp3) is 0.143. The van der Waals surface area contributed by atoms with E-state index in [1.54, 1.807) is 11.8 Å². The quantitative estimate of drug-likeness (QED) is 0.660. The Labute approximate surface area is 125 Å². The summed E-state index contributed by atoms with van der Waals surface area (Å²) in [6.45, 7) is 3.83. The highest BCUT2D eigenvalue weighted by Gasteiger charge is 2.13. The molecule has 0 radical (unpaired) electrons. The standard InChI is InChI=1S/C14H14BrN3S/c1-8-7-12(13(14(16)17)9(2)18-8)19-11-6-4-3-5-10(11)15/h3-7H,1-2H3,(H3,16,17). The molecule has 0 aliphatic carbocycles. The summed E-state index contributed by atoms with van der Waals surface area (Å²) in [5.74, 6) is 0.0551. The van der Waals surface area contributed by atoms with Crippen molar-refractivity contribution in [1.29, 1.82) is 5.41 Å². The van der Waals surface area contributed by atoms with Crippen molar-refractivity contribution < 1.29 is 0 Å². The van der Waals surface area contributed by atoms with Crippen LogP contribution in [-0.2, 0) is 0 Å². The molecule has 0 aliphatic rings. The van der Waals surface area contributed by atoms with Crippen molar-refractivity contribution in [2.45, 2.75) is 23.6 Å². The Hall–Kier alpha value is -1.33. The van der Waals surface area contributed by atoms with Crippen molar-refractivity contribution in [2.24, 2.45) is 5.73 Å². The van der Waals surface area contributed by atoms with Gasteiger partial charge in [-0.25, -0.2) is 0 Å². The molecule has 0 aliphatic heterocycles. The second kappa shape index (κ2) is 5.75. The molecule has 98 valence electrons. The average molecular weight is 336 g/mol. The number of pyridine rings is 1. The van der Waals surface area contributed by atoms with Crippen molar-refractivity contribution in [3.63, 3.8) is 0 Å². The zero-order valence-corrected chi connectivity index (χ0v) is 13.1. The van der Waals surface area contributed by atoms with E-state index in [9.17, 15) is 0 Å². The first kappa shape index (κ1) is 14.1. The molecule has 0 saturated heterocycles. The first-order chi connectivity index (χ1) is 8.99. The maximum absolute atomic E-state index is 7.72. The number of amidine groups is 1. The summed E-state index contributed by atoms with van der Waals surface area (Å²) in [4.78, 5) is 6.43. The SMILES string of the molecule is Cc1cc(Sc2ccccc2Br)c(C(=N)N)c(C)n1. The molecule has 5 heteroatoms. The summed E-state index contributed by atoms with van der Waals surface area (Å²) in [5.41, 5.74) is 8.11. The molecule has 2 rings (SSSR count). The van der Waals surface area contributed by atoms with Crippen LogP contribution < -0.4 is 5.73 Å². The average Bonchev–Trinajstić information content (AvgIpc) is 2.30. The highest BCUT2D eigenvalue weighted by Crippen LogP contribution is 2.36. The molecule has 1 aromatic heterocycles. The summed E-state index contributed by atoms with van der Waals surface area (Å²) in [6.07, 6.45) is 0. The van der Waals surface area contributed by atoms with Crippen LogP contribution in [0.1, 0.15) is 17.0 Å². The summed E-state index contributed by atoms with van der Waals surface area (Å²) < 4.78 is 1.03. The van der Waals surface area contributed by atoms with Gasteiger partial charge >= 0.3 is 0 Å². The lowest BCUT2D eigenvalue weighted by Gasteiger charge is -2.12. The number of rotatable bonds is 3. The van der Waals surface area contributed by atoms with Gasteiger partial charge in [-0.1, -0.05) is 23.9 Å². The predicted molar refractivity (Wildman–Crippen MR) is 83.0 cm³/mol. The van der Waals surface area contributed by atoms with E-state index in [0.29, 0.717) is 5.56 Å². The van der Waals surface area contributed by atoms with Crippen LogP contribution in [0.15, 0.2) is 44.6 Å². The number of halogens is 1. The van der Waals surface area contributed by atoms with Crippen molar-refractivity contribution in [3.8, 4) is 0 Å². The normalized spacial score (nSPS) is 10.5. The molecule has 0 unspecified atom stereocenters. The minimum absolute atomic E-state index is 0.0551. The number of nitrogen functional groups attached to an aromatic ring is 1. The van der Waals surface area contributed by atoms with Crippen LogP contribution in [0.4, 0.5) is 0 Å². The number of hydrogen-bond donors (Lipinski definition) is 2. The Kier molecular flexibility index (Phi) is 4.27. The van der Waals surface area contributed by atoms with Crippen molar-refractivity contribution in [2.75, 3.05) is 0 Å². The Bertz CT molecular complexity index is 641. The monoisotopic (exact) mass is 335 g/mol. The van der Waals surface area contributed by atoms with E-state index in [1.165, 1.54) is 0 Å². The number of nitrogens with one attached hydrogen (secondary N) is 1. The Morgan fingerprint density at radius 2 is 1.95 bits per heavy atom. The molecule has 0 amide bonds. The van der Waals surface area contributed by atoms with Gasteiger partial charge in [0.1, 0.15) is 5.84 Å². The molecular formula is C14H14BrN3S. The summed E-state index contributed by atoms with van der Waals surface area (Å²) in [7, 11) is 0. The topological polar surface area (TPSA) is 62.8 Å². The Morgan fingerprint density at radius 1 is 1.26 bits per heavy atom. The zero-order chi connectivity index (χ0) is 14.0. The summed E-state index contributed by atoms with van der Waals surface area (Å²) in [6, 6.07) is 9.96. The smallest absolute Gasteiger partial charge is 0.125 e. The fourth-order valence-electron chi connectivity index (χ4n) is 1.85. The van der Waals surface area contributed by atoms with Crippen LogP contribution in [-0.4, -0.2) is 10.8 Å². The predicted octanol–water partition coefficient (Wildman–Crippen LogP) is 3.90. The molecule has 1 aromatic carbocycles. The molecule has 2 aromatic rings. The largest absolute Gasteiger partial charge is 0.384 e. The van der Waals surface area contributed by atoms with Crippen molar-refractivity contribution >= 4 is 33.5 Å². The lowest BCUT2D eigenvalue weighted by molar-refractivity contribution is 1.07.